The van der Waals surface area contributed by atoms with Gasteiger partial charge >= 0.3 is 11.7 Å². The van der Waals surface area contributed by atoms with E-state index in [1.807, 2.05) is 0 Å². The first kappa shape index (κ1) is 14.5. The number of aryl methyl sites for hydroxylation is 2. The Bertz CT molecular complexity index is 687. The normalized spacial score (nSPS) is 10.4. The van der Waals surface area contributed by atoms with E-state index in [9.17, 15) is 14.9 Å². The molecule has 8 heteroatoms. The van der Waals surface area contributed by atoms with Crippen LogP contribution in [0.4, 0.5) is 5.69 Å². The molecule has 0 radical (unpaired) electrons. The fourth-order valence-electron chi connectivity index (χ4n) is 1.77. The minimum atomic E-state index is -1.19. The summed E-state index contributed by atoms with van der Waals surface area (Å²) in [5, 5.41) is 23.6. The quantitative estimate of drug-likeness (QED) is 0.664. The molecule has 0 spiro atoms. The number of nitrogens with zero attached hydrogens (tertiary/aromatic N) is 2. The first-order valence-corrected chi connectivity index (χ1v) is 5.96. The highest BCUT2D eigenvalue weighted by molar-refractivity contribution is 5.88. The Morgan fingerprint density at radius 2 is 2.19 bits per heavy atom. The van der Waals surface area contributed by atoms with Crippen LogP contribution in [0.25, 0.3) is 0 Å². The summed E-state index contributed by atoms with van der Waals surface area (Å²) >= 11 is 0. The van der Waals surface area contributed by atoms with E-state index in [-0.39, 0.29) is 23.6 Å². The Hall–Kier alpha value is -2.90. The van der Waals surface area contributed by atoms with E-state index in [0.717, 1.165) is 18.2 Å². The van der Waals surface area contributed by atoms with Gasteiger partial charge in [-0.3, -0.25) is 10.1 Å². The summed E-state index contributed by atoms with van der Waals surface area (Å²) < 4.78 is 10.4. The SMILES string of the molecule is Cc1noc(C)c1COc1cc(C(=O)O)ccc1[N+](=O)[O-]. The van der Waals surface area contributed by atoms with Crippen molar-refractivity contribution in [1.82, 2.24) is 5.16 Å². The van der Waals surface area contributed by atoms with Crippen molar-refractivity contribution in [1.29, 1.82) is 0 Å². The van der Waals surface area contributed by atoms with Crippen LogP contribution >= 0.6 is 0 Å². The number of hydrogen-bond acceptors (Lipinski definition) is 6. The molecule has 21 heavy (non-hydrogen) atoms. The molecule has 1 heterocycles. The Balaban J connectivity index is 2.31. The molecule has 2 rings (SSSR count). The summed E-state index contributed by atoms with van der Waals surface area (Å²) in [6.07, 6.45) is 0. The number of aromatic nitrogens is 1. The molecular weight excluding hydrogens is 280 g/mol. The van der Waals surface area contributed by atoms with Crippen molar-refractivity contribution in [2.75, 3.05) is 0 Å². The molecule has 0 fully saturated rings. The van der Waals surface area contributed by atoms with Crippen LogP contribution in [-0.2, 0) is 6.61 Å². The molecule has 0 aliphatic heterocycles. The fourth-order valence-corrected chi connectivity index (χ4v) is 1.77. The Labute approximate surface area is 119 Å². The summed E-state index contributed by atoms with van der Waals surface area (Å²) in [6.45, 7) is 3.42. The average molecular weight is 292 g/mol. The van der Waals surface area contributed by atoms with Crippen LogP contribution in [0.3, 0.4) is 0 Å². The lowest BCUT2D eigenvalue weighted by molar-refractivity contribution is -0.385. The zero-order valence-electron chi connectivity index (χ0n) is 11.3. The predicted molar refractivity (Wildman–Crippen MR) is 70.4 cm³/mol. The summed E-state index contributed by atoms with van der Waals surface area (Å²) in [5.41, 5.74) is 0.899. The number of rotatable bonds is 5. The van der Waals surface area contributed by atoms with Crippen molar-refractivity contribution < 1.29 is 24.1 Å². The molecule has 0 saturated heterocycles. The first-order valence-electron chi connectivity index (χ1n) is 5.96. The largest absolute Gasteiger partial charge is 0.482 e. The highest BCUT2D eigenvalue weighted by atomic mass is 16.6. The summed E-state index contributed by atoms with van der Waals surface area (Å²) in [7, 11) is 0. The monoisotopic (exact) mass is 292 g/mol. The van der Waals surface area contributed by atoms with Gasteiger partial charge in [-0.25, -0.2) is 4.79 Å². The van der Waals surface area contributed by atoms with Gasteiger partial charge in [-0.05, 0) is 19.9 Å². The summed E-state index contributed by atoms with van der Waals surface area (Å²) in [5.74, 6) is -0.753. The van der Waals surface area contributed by atoms with Crippen LogP contribution in [0.15, 0.2) is 22.7 Å². The number of benzene rings is 1. The van der Waals surface area contributed by atoms with Crippen LogP contribution in [-0.4, -0.2) is 21.2 Å². The second-order valence-corrected chi connectivity index (χ2v) is 4.34. The van der Waals surface area contributed by atoms with Crippen LogP contribution in [0.5, 0.6) is 5.75 Å². The minimum absolute atomic E-state index is 0.00504. The molecule has 0 unspecified atom stereocenters. The number of carbonyl (C=O) groups is 1. The summed E-state index contributed by atoms with van der Waals surface area (Å²) in [4.78, 5) is 21.2. The lowest BCUT2D eigenvalue weighted by atomic mass is 10.2. The molecule has 1 aromatic heterocycles. The van der Waals surface area contributed by atoms with Gasteiger partial charge in [0.25, 0.3) is 0 Å². The van der Waals surface area contributed by atoms with Crippen LogP contribution < -0.4 is 4.74 Å². The van der Waals surface area contributed by atoms with Gasteiger partial charge in [-0.15, -0.1) is 0 Å². The van der Waals surface area contributed by atoms with Gasteiger partial charge in [0.15, 0.2) is 5.75 Å². The zero-order valence-corrected chi connectivity index (χ0v) is 11.3. The first-order chi connectivity index (χ1) is 9.90. The molecule has 1 aromatic carbocycles. The standard InChI is InChI=1S/C13H12N2O6/c1-7-10(8(2)21-14-7)6-20-12-5-9(13(16)17)3-4-11(12)15(18)19/h3-5H,6H2,1-2H3,(H,16,17). The predicted octanol–water partition coefficient (Wildman–Crippen LogP) is 2.48. The number of aromatic carboxylic acids is 1. The number of carboxylic acids is 1. The van der Waals surface area contributed by atoms with Crippen molar-refractivity contribution in [3.63, 3.8) is 0 Å². The molecule has 0 saturated carbocycles. The van der Waals surface area contributed by atoms with E-state index in [1.54, 1.807) is 13.8 Å². The molecule has 0 aliphatic rings. The smallest absolute Gasteiger partial charge is 0.335 e. The number of carboxylic acid groups (broad SMARTS) is 1. The van der Waals surface area contributed by atoms with Gasteiger partial charge in [0.05, 0.1) is 21.7 Å². The van der Waals surface area contributed by atoms with E-state index >= 15 is 0 Å². The van der Waals surface area contributed by atoms with Crippen molar-refractivity contribution in [2.45, 2.75) is 20.5 Å². The van der Waals surface area contributed by atoms with Crippen molar-refractivity contribution >= 4 is 11.7 Å². The lowest BCUT2D eigenvalue weighted by Gasteiger charge is -2.07. The molecule has 1 N–H and O–H groups in total. The van der Waals surface area contributed by atoms with Gasteiger partial charge in [0.2, 0.25) is 0 Å². The van der Waals surface area contributed by atoms with E-state index < -0.39 is 10.9 Å². The van der Waals surface area contributed by atoms with Gasteiger partial charge in [0.1, 0.15) is 12.4 Å². The number of nitro benzene ring substituents is 1. The molecule has 110 valence electrons. The average Bonchev–Trinajstić information content (AvgIpc) is 2.75. The van der Waals surface area contributed by atoms with Crippen molar-refractivity contribution in [2.24, 2.45) is 0 Å². The van der Waals surface area contributed by atoms with E-state index in [4.69, 9.17) is 14.4 Å². The second-order valence-electron chi connectivity index (χ2n) is 4.34. The molecule has 0 aliphatic carbocycles. The van der Waals surface area contributed by atoms with Crippen LogP contribution in [0.2, 0.25) is 0 Å². The number of ether oxygens (including phenoxy) is 1. The van der Waals surface area contributed by atoms with Crippen LogP contribution in [0, 0.1) is 24.0 Å². The second kappa shape index (κ2) is 5.61. The zero-order chi connectivity index (χ0) is 15.6. The molecule has 8 nitrogen and oxygen atoms in total. The van der Waals surface area contributed by atoms with Crippen LogP contribution in [0.1, 0.15) is 27.4 Å². The highest BCUT2D eigenvalue weighted by Gasteiger charge is 2.19. The molecule has 0 amide bonds. The van der Waals surface area contributed by atoms with Gasteiger partial charge in [-0.1, -0.05) is 5.16 Å². The topological polar surface area (TPSA) is 116 Å². The third-order valence-electron chi connectivity index (χ3n) is 2.96. The van der Waals surface area contributed by atoms with Gasteiger partial charge in [0, 0.05) is 12.1 Å². The number of nitro groups is 1. The molecular formula is C13H12N2O6. The maximum atomic E-state index is 10.9. The van der Waals surface area contributed by atoms with E-state index in [1.165, 1.54) is 0 Å². The van der Waals surface area contributed by atoms with E-state index in [2.05, 4.69) is 5.16 Å². The highest BCUT2D eigenvalue weighted by Crippen LogP contribution is 2.29. The van der Waals surface area contributed by atoms with Gasteiger partial charge in [-0.2, -0.15) is 0 Å². The lowest BCUT2D eigenvalue weighted by Crippen LogP contribution is -2.03. The molecule has 0 atom stereocenters. The Morgan fingerprint density at radius 1 is 1.48 bits per heavy atom. The molecule has 2 aromatic rings. The maximum absolute atomic E-state index is 10.9. The van der Waals surface area contributed by atoms with E-state index in [0.29, 0.717) is 17.0 Å². The number of hydrogen-bond donors (Lipinski definition) is 1. The minimum Gasteiger partial charge on any atom is -0.482 e. The Morgan fingerprint density at radius 3 is 2.71 bits per heavy atom. The Kier molecular flexibility index (Phi) is 3.88. The maximum Gasteiger partial charge on any atom is 0.335 e. The van der Waals surface area contributed by atoms with Crippen molar-refractivity contribution in [3.8, 4) is 5.75 Å². The third kappa shape index (κ3) is 2.99. The summed E-state index contributed by atoms with van der Waals surface area (Å²) in [6, 6.07) is 3.38. The third-order valence-corrected chi connectivity index (χ3v) is 2.96. The van der Waals surface area contributed by atoms with Crippen molar-refractivity contribution in [3.05, 3.63) is 50.9 Å². The van der Waals surface area contributed by atoms with Gasteiger partial charge < -0.3 is 14.4 Å². The molecule has 0 bridgehead atoms. The fraction of sp³-hybridized carbons (Fsp3) is 0.231.